The fourth-order valence-corrected chi connectivity index (χ4v) is 2.68. The molecule has 1 aliphatic heterocycles. The molecule has 98 valence electrons. The fraction of sp³-hybridized carbons (Fsp3) is 0.571. The Morgan fingerprint density at radius 1 is 1.44 bits per heavy atom. The van der Waals surface area contributed by atoms with Crippen molar-refractivity contribution >= 4 is 12.2 Å². The Morgan fingerprint density at radius 3 is 2.83 bits per heavy atom. The van der Waals surface area contributed by atoms with E-state index in [2.05, 4.69) is 18.0 Å². The summed E-state index contributed by atoms with van der Waals surface area (Å²) in [4.78, 5) is 19.5. The second-order valence-electron chi connectivity index (χ2n) is 5.16. The van der Waals surface area contributed by atoms with Crippen molar-refractivity contribution in [3.05, 3.63) is 23.4 Å². The quantitative estimate of drug-likeness (QED) is 0.768. The van der Waals surface area contributed by atoms with Gasteiger partial charge in [0.15, 0.2) is 0 Å². The number of rotatable bonds is 3. The van der Waals surface area contributed by atoms with Gasteiger partial charge in [-0.2, -0.15) is 0 Å². The van der Waals surface area contributed by atoms with Gasteiger partial charge in [-0.3, -0.25) is 4.79 Å². The highest BCUT2D eigenvalue weighted by Gasteiger charge is 2.23. The topological polar surface area (TPSA) is 36.4 Å². The first-order chi connectivity index (χ1) is 8.63. The molecule has 4 nitrogen and oxygen atoms in total. The Balaban J connectivity index is 2.27. The minimum absolute atomic E-state index is 0.207. The molecule has 0 radical (unpaired) electrons. The van der Waals surface area contributed by atoms with Gasteiger partial charge in [0.25, 0.3) is 0 Å². The van der Waals surface area contributed by atoms with Gasteiger partial charge in [-0.1, -0.05) is 0 Å². The van der Waals surface area contributed by atoms with Gasteiger partial charge in [0, 0.05) is 26.8 Å². The third kappa shape index (κ3) is 2.47. The van der Waals surface area contributed by atoms with Crippen molar-refractivity contribution in [1.82, 2.24) is 9.88 Å². The van der Waals surface area contributed by atoms with Crippen LogP contribution < -0.4 is 4.90 Å². The third-order valence-corrected chi connectivity index (χ3v) is 3.56. The molecule has 1 aliphatic rings. The highest BCUT2D eigenvalue weighted by molar-refractivity contribution is 5.51. The standard InChI is InChI=1S/C14H21N3O/c1-11-8-12(9-15-14(11)16(2)3)13-6-4-5-7-17(13)10-18/h8-10,13H,4-7H2,1-3H3. The maximum absolute atomic E-state index is 11.1. The van der Waals surface area contributed by atoms with Crippen LogP contribution in [0.15, 0.2) is 12.3 Å². The zero-order chi connectivity index (χ0) is 13.1. The number of hydrogen-bond donors (Lipinski definition) is 0. The maximum atomic E-state index is 11.1. The number of pyridine rings is 1. The van der Waals surface area contributed by atoms with E-state index in [1.165, 1.54) is 6.42 Å². The minimum Gasteiger partial charge on any atom is -0.363 e. The van der Waals surface area contributed by atoms with Gasteiger partial charge < -0.3 is 9.80 Å². The van der Waals surface area contributed by atoms with E-state index in [9.17, 15) is 4.79 Å². The molecule has 0 bridgehead atoms. The van der Waals surface area contributed by atoms with Crippen molar-refractivity contribution < 1.29 is 4.79 Å². The van der Waals surface area contributed by atoms with Crippen LogP contribution in [0.2, 0.25) is 0 Å². The Bertz CT molecular complexity index is 431. The van der Waals surface area contributed by atoms with Crippen molar-refractivity contribution in [2.75, 3.05) is 25.5 Å². The van der Waals surface area contributed by atoms with E-state index >= 15 is 0 Å². The average molecular weight is 247 g/mol. The Kier molecular flexibility index (Phi) is 3.84. The number of aromatic nitrogens is 1. The molecule has 0 aromatic carbocycles. The molecule has 1 amide bonds. The van der Waals surface area contributed by atoms with Gasteiger partial charge in [-0.15, -0.1) is 0 Å². The van der Waals surface area contributed by atoms with Gasteiger partial charge in [0.2, 0.25) is 6.41 Å². The Morgan fingerprint density at radius 2 is 2.22 bits per heavy atom. The number of aryl methyl sites for hydroxylation is 1. The molecule has 1 aromatic heterocycles. The third-order valence-electron chi connectivity index (χ3n) is 3.56. The SMILES string of the molecule is Cc1cc(C2CCCCN2C=O)cnc1N(C)C. The van der Waals surface area contributed by atoms with Crippen molar-refractivity contribution in [2.45, 2.75) is 32.2 Å². The van der Waals surface area contributed by atoms with Crippen LogP contribution >= 0.6 is 0 Å². The van der Waals surface area contributed by atoms with Crippen LogP contribution in [0, 0.1) is 6.92 Å². The molecule has 0 spiro atoms. The molecule has 18 heavy (non-hydrogen) atoms. The van der Waals surface area contributed by atoms with Crippen molar-refractivity contribution in [3.8, 4) is 0 Å². The molecule has 1 fully saturated rings. The summed E-state index contributed by atoms with van der Waals surface area (Å²) >= 11 is 0. The average Bonchev–Trinajstić information content (AvgIpc) is 2.38. The van der Waals surface area contributed by atoms with Gasteiger partial charge in [0.05, 0.1) is 6.04 Å². The Labute approximate surface area is 109 Å². The predicted octanol–water partition coefficient (Wildman–Crippen LogP) is 2.14. The van der Waals surface area contributed by atoms with E-state index in [4.69, 9.17) is 0 Å². The van der Waals surface area contributed by atoms with E-state index in [1.54, 1.807) is 0 Å². The predicted molar refractivity (Wildman–Crippen MR) is 72.7 cm³/mol. The summed E-state index contributed by atoms with van der Waals surface area (Å²) in [5.74, 6) is 0.993. The first-order valence-corrected chi connectivity index (χ1v) is 6.48. The van der Waals surface area contributed by atoms with Gasteiger partial charge in [0.1, 0.15) is 5.82 Å². The van der Waals surface area contributed by atoms with E-state index < -0.39 is 0 Å². The molecule has 2 heterocycles. The van der Waals surface area contributed by atoms with Crippen molar-refractivity contribution in [3.63, 3.8) is 0 Å². The largest absolute Gasteiger partial charge is 0.363 e. The summed E-state index contributed by atoms with van der Waals surface area (Å²) in [6, 6.07) is 2.37. The van der Waals surface area contributed by atoms with E-state index in [0.717, 1.165) is 42.7 Å². The van der Waals surface area contributed by atoms with Crippen LogP contribution in [0.3, 0.4) is 0 Å². The summed E-state index contributed by atoms with van der Waals surface area (Å²) in [7, 11) is 3.99. The summed E-state index contributed by atoms with van der Waals surface area (Å²) in [6.07, 6.45) is 6.22. The van der Waals surface area contributed by atoms with Gasteiger partial charge >= 0.3 is 0 Å². The zero-order valence-corrected chi connectivity index (χ0v) is 11.4. The molecule has 0 aliphatic carbocycles. The molecule has 4 heteroatoms. The number of carbonyl (C=O) groups excluding carboxylic acids is 1. The number of nitrogens with zero attached hydrogens (tertiary/aromatic N) is 3. The molecule has 1 aromatic rings. The molecule has 0 N–H and O–H groups in total. The fourth-order valence-electron chi connectivity index (χ4n) is 2.68. The minimum atomic E-state index is 0.207. The molecular formula is C14H21N3O. The molecule has 1 saturated heterocycles. The second kappa shape index (κ2) is 5.38. The normalized spacial score (nSPS) is 19.7. The van der Waals surface area contributed by atoms with Crippen LogP contribution in [0.5, 0.6) is 0 Å². The zero-order valence-electron chi connectivity index (χ0n) is 11.4. The molecule has 1 atom stereocenters. The van der Waals surface area contributed by atoms with E-state index in [0.29, 0.717) is 0 Å². The van der Waals surface area contributed by atoms with Crippen LogP contribution in [-0.2, 0) is 4.79 Å². The molecule has 0 saturated carbocycles. The van der Waals surface area contributed by atoms with Crippen LogP contribution in [0.4, 0.5) is 5.82 Å². The monoisotopic (exact) mass is 247 g/mol. The highest BCUT2D eigenvalue weighted by atomic mass is 16.1. The lowest BCUT2D eigenvalue weighted by Gasteiger charge is -2.33. The number of likely N-dealkylation sites (tertiary alicyclic amines) is 1. The van der Waals surface area contributed by atoms with E-state index in [1.807, 2.05) is 30.1 Å². The lowest BCUT2D eigenvalue weighted by atomic mass is 9.96. The second-order valence-corrected chi connectivity index (χ2v) is 5.16. The summed E-state index contributed by atoms with van der Waals surface area (Å²) in [6.45, 7) is 2.93. The number of hydrogen-bond acceptors (Lipinski definition) is 3. The highest BCUT2D eigenvalue weighted by Crippen LogP contribution is 2.30. The number of amides is 1. The molecular weight excluding hydrogens is 226 g/mol. The summed E-state index contributed by atoms with van der Waals surface area (Å²) in [5.41, 5.74) is 2.32. The smallest absolute Gasteiger partial charge is 0.210 e. The first kappa shape index (κ1) is 12.9. The number of carbonyl (C=O) groups is 1. The summed E-state index contributed by atoms with van der Waals surface area (Å²) in [5, 5.41) is 0. The summed E-state index contributed by atoms with van der Waals surface area (Å²) < 4.78 is 0. The van der Waals surface area contributed by atoms with Crippen molar-refractivity contribution in [2.24, 2.45) is 0 Å². The van der Waals surface area contributed by atoms with Crippen LogP contribution in [0.1, 0.15) is 36.4 Å². The van der Waals surface area contributed by atoms with E-state index in [-0.39, 0.29) is 6.04 Å². The molecule has 2 rings (SSSR count). The molecule has 1 unspecified atom stereocenters. The number of anilines is 1. The van der Waals surface area contributed by atoms with Crippen molar-refractivity contribution in [1.29, 1.82) is 0 Å². The number of piperidine rings is 1. The lowest BCUT2D eigenvalue weighted by Crippen LogP contribution is -2.32. The van der Waals surface area contributed by atoms with Gasteiger partial charge in [-0.05, 0) is 43.4 Å². The van der Waals surface area contributed by atoms with Crippen LogP contribution in [-0.4, -0.2) is 36.9 Å². The maximum Gasteiger partial charge on any atom is 0.210 e. The van der Waals surface area contributed by atoms with Crippen LogP contribution in [0.25, 0.3) is 0 Å². The first-order valence-electron chi connectivity index (χ1n) is 6.48. The Hall–Kier alpha value is -1.58. The van der Waals surface area contributed by atoms with Gasteiger partial charge in [-0.25, -0.2) is 4.98 Å². The lowest BCUT2D eigenvalue weighted by molar-refractivity contribution is -0.121.